The largest absolute Gasteiger partial charge is 0.354 e. The molecule has 20 heteroatoms. The molecule has 0 atom stereocenters. The van der Waals surface area contributed by atoms with Crippen LogP contribution in [-0.2, 0) is 59.8 Å². The summed E-state index contributed by atoms with van der Waals surface area (Å²) >= 11 is 0. The smallest absolute Gasteiger partial charge is 0.294 e. The fraction of sp³-hybridized carbons (Fsp3) is 0.426. The molecule has 0 aromatic heterocycles. The van der Waals surface area contributed by atoms with Gasteiger partial charge in [0.05, 0.1) is 15.2 Å². The normalized spacial score (nSPS) is 18.1. The average molecular weight is 962 g/mol. The second kappa shape index (κ2) is 20.4. The van der Waals surface area contributed by atoms with E-state index in [1.165, 1.54) is 48.6 Å². The Labute approximate surface area is 390 Å². The fourth-order valence-electron chi connectivity index (χ4n) is 8.90. The molecule has 4 N–H and O–H groups in total. The first kappa shape index (κ1) is 50.3. The lowest BCUT2D eigenvalue weighted by Crippen LogP contribution is -2.38. The lowest BCUT2D eigenvalue weighted by molar-refractivity contribution is -0.438. The quantitative estimate of drug-likeness (QED) is 0.0565. The number of amides is 6. The zero-order chi connectivity index (χ0) is 48.9. The second-order valence-electron chi connectivity index (χ2n) is 17.8. The maximum absolute atomic E-state index is 12.5. The molecule has 2 aromatic carbocycles. The van der Waals surface area contributed by atoms with Gasteiger partial charge >= 0.3 is 0 Å². The molecule has 2 aromatic rings. The van der Waals surface area contributed by atoms with Crippen LogP contribution in [0.3, 0.4) is 0 Å². The molecule has 0 saturated heterocycles. The first-order valence-corrected chi connectivity index (χ1v) is 25.1. The third-order valence-electron chi connectivity index (χ3n) is 12.5. The lowest BCUT2D eigenvalue weighted by Gasteiger charge is -2.27. The Morgan fingerprint density at radius 2 is 1.12 bits per heavy atom. The maximum atomic E-state index is 12.5. The van der Waals surface area contributed by atoms with E-state index in [4.69, 9.17) is 0 Å². The first-order valence-electron chi connectivity index (χ1n) is 22.2. The number of nitrogens with one attached hydrogen (secondary N) is 2. The van der Waals surface area contributed by atoms with Gasteiger partial charge in [0.1, 0.15) is 6.54 Å². The molecule has 4 heterocycles. The van der Waals surface area contributed by atoms with Crippen LogP contribution in [0.1, 0.15) is 90.2 Å². The van der Waals surface area contributed by atoms with Crippen molar-refractivity contribution < 1.29 is 59.3 Å². The number of hydrogen-bond acceptors (Lipinski definition) is 11. The molecule has 0 unspecified atom stereocenters. The summed E-state index contributed by atoms with van der Waals surface area (Å²) in [4.78, 5) is 76.0. The minimum Gasteiger partial charge on any atom is -0.354 e. The summed E-state index contributed by atoms with van der Waals surface area (Å²) in [6.07, 6.45) is 14.9. The second-order valence-corrected chi connectivity index (χ2v) is 20.6. The molecular formula is C47H57N6O12S2+. The molecule has 0 aliphatic carbocycles. The predicted octanol–water partition coefficient (Wildman–Crippen LogP) is 4.00. The van der Waals surface area contributed by atoms with Crippen LogP contribution in [0.15, 0.2) is 94.4 Å². The Hall–Kier alpha value is -6.09. The minimum atomic E-state index is -4.51. The van der Waals surface area contributed by atoms with Crippen LogP contribution in [0, 0.1) is 0 Å². The van der Waals surface area contributed by atoms with Crippen molar-refractivity contribution in [1.29, 1.82) is 0 Å². The molecule has 0 radical (unpaired) electrons. The number of benzene rings is 2. The van der Waals surface area contributed by atoms with E-state index in [-0.39, 0.29) is 60.6 Å². The number of nitrogens with zero attached hydrogens (tertiary/aromatic N) is 4. The van der Waals surface area contributed by atoms with Gasteiger partial charge in [-0.25, -0.2) is 0 Å². The van der Waals surface area contributed by atoms with Gasteiger partial charge < -0.3 is 15.5 Å². The van der Waals surface area contributed by atoms with Crippen molar-refractivity contribution in [3.05, 3.63) is 95.8 Å². The summed E-state index contributed by atoms with van der Waals surface area (Å²) in [5.74, 6) is -2.06. The number of carbonyl (C=O) groups is 6. The molecule has 358 valence electrons. The number of rotatable bonds is 22. The van der Waals surface area contributed by atoms with Crippen molar-refractivity contribution in [2.24, 2.45) is 0 Å². The van der Waals surface area contributed by atoms with Crippen molar-refractivity contribution in [2.75, 3.05) is 44.2 Å². The first-order chi connectivity index (χ1) is 31.5. The van der Waals surface area contributed by atoms with Gasteiger partial charge in [-0.2, -0.15) is 21.4 Å². The summed E-state index contributed by atoms with van der Waals surface area (Å²) < 4.78 is 70.9. The third kappa shape index (κ3) is 11.5. The van der Waals surface area contributed by atoms with Crippen LogP contribution < -0.4 is 15.5 Å². The molecular weight excluding hydrogens is 905 g/mol. The van der Waals surface area contributed by atoms with Gasteiger partial charge in [-0.3, -0.25) is 47.7 Å². The summed E-state index contributed by atoms with van der Waals surface area (Å²) in [7, 11) is -9.01. The average Bonchev–Trinajstić information content (AvgIpc) is 3.89. The fourth-order valence-corrected chi connectivity index (χ4v) is 9.91. The van der Waals surface area contributed by atoms with E-state index >= 15 is 0 Å². The molecule has 18 nitrogen and oxygen atoms in total. The number of carbonyl (C=O) groups excluding carboxylic acids is 6. The van der Waals surface area contributed by atoms with Crippen LogP contribution in [0.2, 0.25) is 0 Å². The van der Waals surface area contributed by atoms with E-state index in [1.807, 2.05) is 45.9 Å². The van der Waals surface area contributed by atoms with E-state index in [0.717, 1.165) is 32.6 Å². The number of anilines is 1. The highest BCUT2D eigenvalue weighted by atomic mass is 32.2. The van der Waals surface area contributed by atoms with Crippen LogP contribution in [0.25, 0.3) is 0 Å². The molecule has 0 saturated carbocycles. The van der Waals surface area contributed by atoms with E-state index in [0.29, 0.717) is 62.7 Å². The van der Waals surface area contributed by atoms with E-state index < -0.39 is 54.7 Å². The molecule has 0 bridgehead atoms. The van der Waals surface area contributed by atoms with Gasteiger partial charge in [-0.1, -0.05) is 26.3 Å². The molecule has 0 spiro atoms. The highest BCUT2D eigenvalue weighted by molar-refractivity contribution is 7.86. The van der Waals surface area contributed by atoms with Gasteiger partial charge in [0.25, 0.3) is 43.9 Å². The Balaban J connectivity index is 1.16. The molecule has 4 aliphatic heterocycles. The van der Waals surface area contributed by atoms with Crippen molar-refractivity contribution in [3.8, 4) is 0 Å². The van der Waals surface area contributed by atoms with Crippen molar-refractivity contribution in [3.63, 3.8) is 0 Å². The Morgan fingerprint density at radius 3 is 1.64 bits per heavy atom. The van der Waals surface area contributed by atoms with E-state index in [9.17, 15) is 54.7 Å². The number of fused-ring (bicyclic) bond motifs is 2. The van der Waals surface area contributed by atoms with Gasteiger partial charge in [0.15, 0.2) is 5.71 Å². The summed E-state index contributed by atoms with van der Waals surface area (Å²) in [6.45, 7) is 9.32. The summed E-state index contributed by atoms with van der Waals surface area (Å²) in [6, 6.07) is 9.02. The minimum absolute atomic E-state index is 0.0821. The van der Waals surface area contributed by atoms with E-state index in [2.05, 4.69) is 20.1 Å². The van der Waals surface area contributed by atoms with Gasteiger partial charge in [-0.15, -0.1) is 0 Å². The maximum Gasteiger partial charge on any atom is 0.294 e. The predicted molar refractivity (Wildman–Crippen MR) is 248 cm³/mol. The Bertz CT molecular complexity index is 2720. The van der Waals surface area contributed by atoms with Crippen LogP contribution in [0.4, 0.5) is 11.4 Å². The molecule has 6 rings (SSSR count). The zero-order valence-corrected chi connectivity index (χ0v) is 39.6. The van der Waals surface area contributed by atoms with Crippen LogP contribution in [-0.4, -0.2) is 121 Å². The zero-order valence-electron chi connectivity index (χ0n) is 38.0. The Morgan fingerprint density at radius 1 is 0.627 bits per heavy atom. The molecule has 0 fully saturated rings. The van der Waals surface area contributed by atoms with E-state index in [1.54, 1.807) is 12.1 Å². The molecule has 4 aliphatic rings. The van der Waals surface area contributed by atoms with Crippen LogP contribution >= 0.6 is 0 Å². The summed E-state index contributed by atoms with van der Waals surface area (Å²) in [5, 5.41) is 5.50. The molecule has 6 amide bonds. The SMILES string of the molecule is CC1(C)C(=C/C=C/C2=[N+](CCCCCC(=O)NCCN3C(=O)C=CC3=O)c3ccc(S(=O)(=O)O)cc3C2(C)C)N(CCCCCC(=O)NCCN2C(=O)C=CC2=O)c2ccc(S(=O)(=O)O)cc21. The van der Waals surface area contributed by atoms with Crippen molar-refractivity contribution >= 4 is 72.8 Å². The number of unbranched alkanes of at least 4 members (excludes halogenated alkanes) is 4. The van der Waals surface area contributed by atoms with Crippen molar-refractivity contribution in [2.45, 2.75) is 99.7 Å². The lowest BCUT2D eigenvalue weighted by atomic mass is 9.81. The highest BCUT2D eigenvalue weighted by Crippen LogP contribution is 2.49. The third-order valence-corrected chi connectivity index (χ3v) is 14.2. The number of hydrogen-bond donors (Lipinski definition) is 4. The monoisotopic (exact) mass is 961 g/mol. The number of allylic oxidation sites excluding steroid dienone is 4. The van der Waals surface area contributed by atoms with Gasteiger partial charge in [0, 0.05) is 111 Å². The number of imide groups is 2. The standard InChI is InChI=1S/C47H56N6O12S2/c1-46(2)34-30-32(66(60,61)62)16-18-36(34)50(26-9-5-7-14-40(54)48-24-28-52-42(56)20-21-43(52)57)38(46)12-11-13-39-47(3,4)35-31-33(67(63,64)65)17-19-37(35)51(39)27-10-6-8-15-41(55)49-25-29-53-44(58)22-23-45(53)59/h11-13,16-23,30-31H,5-10,14-15,24-29H2,1-4H3,(H3-,48,49,54,55,60,61,62,63,64,65)/p+1. The topological polar surface area (TPSA) is 248 Å². The van der Waals surface area contributed by atoms with Crippen molar-refractivity contribution in [1.82, 2.24) is 20.4 Å². The highest BCUT2D eigenvalue weighted by Gasteiger charge is 2.45. The van der Waals surface area contributed by atoms with Gasteiger partial charge in [-0.05, 0) is 81.5 Å². The summed E-state index contributed by atoms with van der Waals surface area (Å²) in [5.41, 5.74) is 3.12. The van der Waals surface area contributed by atoms with Crippen LogP contribution in [0.5, 0.6) is 0 Å². The molecule has 67 heavy (non-hydrogen) atoms. The van der Waals surface area contributed by atoms with Gasteiger partial charge in [0.2, 0.25) is 17.5 Å². The Kier molecular flexibility index (Phi) is 15.3.